The molecule has 2 heterocycles. The number of nitrogens with zero attached hydrogens (tertiary/aromatic N) is 2. The maximum absolute atomic E-state index is 11.9. The van der Waals surface area contributed by atoms with Crippen LogP contribution in [-0.4, -0.2) is 36.4 Å². The maximum atomic E-state index is 11.9. The predicted octanol–water partition coefficient (Wildman–Crippen LogP) is 1.66. The highest BCUT2D eigenvalue weighted by Crippen LogP contribution is 2.17. The molecule has 0 spiro atoms. The van der Waals surface area contributed by atoms with Crippen molar-refractivity contribution in [3.8, 4) is 0 Å². The standard InChI is InChI=1S/C17H24N4O/c18-17(21-9-3-1-2-4-10-21)20-12-13-5-6-14-7-8-19-16(22)15(14)11-13/h5-6,11H,1-4,7-10,12H2,(H2,18,20)(H,19,22). The van der Waals surface area contributed by atoms with E-state index >= 15 is 0 Å². The number of carbonyl (C=O) groups is 1. The van der Waals surface area contributed by atoms with E-state index in [1.54, 1.807) is 0 Å². The molecule has 1 fully saturated rings. The highest BCUT2D eigenvalue weighted by atomic mass is 16.1. The van der Waals surface area contributed by atoms with E-state index in [2.05, 4.69) is 21.3 Å². The molecule has 1 saturated heterocycles. The van der Waals surface area contributed by atoms with Crippen molar-refractivity contribution in [2.75, 3.05) is 19.6 Å². The van der Waals surface area contributed by atoms with Crippen LogP contribution in [0.15, 0.2) is 23.2 Å². The monoisotopic (exact) mass is 300 g/mol. The van der Waals surface area contributed by atoms with Gasteiger partial charge in [-0.15, -0.1) is 0 Å². The molecular formula is C17H24N4O. The minimum absolute atomic E-state index is 0.0209. The Hall–Kier alpha value is -2.04. The van der Waals surface area contributed by atoms with Gasteiger partial charge in [-0.1, -0.05) is 25.0 Å². The molecule has 0 radical (unpaired) electrons. The molecule has 0 aromatic heterocycles. The van der Waals surface area contributed by atoms with Crippen LogP contribution in [0.5, 0.6) is 0 Å². The molecule has 118 valence electrons. The number of hydrogen-bond donors (Lipinski definition) is 2. The number of likely N-dealkylation sites (tertiary alicyclic amines) is 1. The van der Waals surface area contributed by atoms with E-state index in [0.717, 1.165) is 42.7 Å². The predicted molar refractivity (Wildman–Crippen MR) is 87.8 cm³/mol. The van der Waals surface area contributed by atoms with E-state index in [9.17, 15) is 4.79 Å². The van der Waals surface area contributed by atoms with Gasteiger partial charge in [-0.25, -0.2) is 4.99 Å². The van der Waals surface area contributed by atoms with Crippen LogP contribution in [0.25, 0.3) is 0 Å². The van der Waals surface area contributed by atoms with Gasteiger partial charge in [0.05, 0.1) is 6.54 Å². The number of guanidine groups is 1. The molecule has 3 rings (SSSR count). The lowest BCUT2D eigenvalue weighted by molar-refractivity contribution is 0.0946. The summed E-state index contributed by atoms with van der Waals surface area (Å²) in [5.41, 5.74) is 9.07. The number of carbonyl (C=O) groups excluding carboxylic acids is 1. The lowest BCUT2D eigenvalue weighted by atomic mass is 9.98. The van der Waals surface area contributed by atoms with Gasteiger partial charge in [-0.3, -0.25) is 4.79 Å². The van der Waals surface area contributed by atoms with Gasteiger partial charge in [0.1, 0.15) is 0 Å². The fourth-order valence-electron chi connectivity index (χ4n) is 3.13. The molecule has 0 aliphatic carbocycles. The van der Waals surface area contributed by atoms with Crippen LogP contribution in [0.1, 0.15) is 47.2 Å². The number of amides is 1. The van der Waals surface area contributed by atoms with Gasteiger partial charge < -0.3 is 16.0 Å². The van der Waals surface area contributed by atoms with Gasteiger partial charge in [0.2, 0.25) is 0 Å². The summed E-state index contributed by atoms with van der Waals surface area (Å²) in [7, 11) is 0. The highest BCUT2D eigenvalue weighted by Gasteiger charge is 2.16. The molecule has 5 nitrogen and oxygen atoms in total. The summed E-state index contributed by atoms with van der Waals surface area (Å²) in [6, 6.07) is 6.04. The SMILES string of the molecule is NC(=NCc1ccc2c(c1)C(=O)NCC2)N1CCCCCC1. The van der Waals surface area contributed by atoms with Crippen molar-refractivity contribution in [1.29, 1.82) is 0 Å². The number of benzene rings is 1. The van der Waals surface area contributed by atoms with Crippen LogP contribution < -0.4 is 11.1 Å². The molecule has 3 N–H and O–H groups in total. The smallest absolute Gasteiger partial charge is 0.251 e. The fraction of sp³-hybridized carbons (Fsp3) is 0.529. The molecule has 1 amide bonds. The normalized spacial score (nSPS) is 19.4. The Labute approximate surface area is 131 Å². The summed E-state index contributed by atoms with van der Waals surface area (Å²) in [6.07, 6.45) is 5.85. The summed E-state index contributed by atoms with van der Waals surface area (Å²) in [5.74, 6) is 0.650. The molecule has 0 bridgehead atoms. The van der Waals surface area contributed by atoms with Crippen molar-refractivity contribution in [3.63, 3.8) is 0 Å². The minimum Gasteiger partial charge on any atom is -0.370 e. The van der Waals surface area contributed by atoms with Crippen molar-refractivity contribution in [2.45, 2.75) is 38.6 Å². The lowest BCUT2D eigenvalue weighted by Crippen LogP contribution is -2.38. The van der Waals surface area contributed by atoms with Crippen LogP contribution >= 0.6 is 0 Å². The van der Waals surface area contributed by atoms with Gasteiger partial charge in [0.15, 0.2) is 5.96 Å². The van der Waals surface area contributed by atoms with Crippen molar-refractivity contribution >= 4 is 11.9 Å². The first-order chi connectivity index (χ1) is 10.7. The second kappa shape index (κ2) is 6.81. The second-order valence-electron chi connectivity index (χ2n) is 6.07. The summed E-state index contributed by atoms with van der Waals surface area (Å²) in [6.45, 7) is 3.26. The summed E-state index contributed by atoms with van der Waals surface area (Å²) in [4.78, 5) is 18.6. The van der Waals surface area contributed by atoms with Crippen molar-refractivity contribution < 1.29 is 4.79 Å². The third-order valence-electron chi connectivity index (χ3n) is 4.45. The number of hydrogen-bond acceptors (Lipinski definition) is 2. The van der Waals surface area contributed by atoms with Crippen molar-refractivity contribution in [1.82, 2.24) is 10.2 Å². The molecule has 2 aliphatic rings. The molecule has 1 aromatic rings. The first-order valence-corrected chi connectivity index (χ1v) is 8.19. The van der Waals surface area contributed by atoms with Crippen LogP contribution in [0, 0.1) is 0 Å². The first-order valence-electron chi connectivity index (χ1n) is 8.19. The summed E-state index contributed by atoms with van der Waals surface area (Å²) in [5, 5.41) is 2.88. The zero-order chi connectivity index (χ0) is 15.4. The zero-order valence-corrected chi connectivity index (χ0v) is 13.0. The van der Waals surface area contributed by atoms with Gasteiger partial charge in [0, 0.05) is 25.2 Å². The van der Waals surface area contributed by atoms with E-state index in [4.69, 9.17) is 5.73 Å². The highest BCUT2D eigenvalue weighted by molar-refractivity contribution is 5.96. The molecule has 22 heavy (non-hydrogen) atoms. The summed E-state index contributed by atoms with van der Waals surface area (Å²) < 4.78 is 0. The number of fused-ring (bicyclic) bond motifs is 1. The van der Waals surface area contributed by atoms with E-state index in [0.29, 0.717) is 12.5 Å². The van der Waals surface area contributed by atoms with Crippen molar-refractivity contribution in [3.05, 3.63) is 34.9 Å². The maximum Gasteiger partial charge on any atom is 0.251 e. The largest absolute Gasteiger partial charge is 0.370 e. The molecule has 1 aromatic carbocycles. The number of nitrogens with two attached hydrogens (primary N) is 1. The van der Waals surface area contributed by atoms with E-state index in [1.807, 2.05) is 12.1 Å². The number of aliphatic imine (C=N–C) groups is 1. The Morgan fingerprint density at radius 2 is 2.00 bits per heavy atom. The quantitative estimate of drug-likeness (QED) is 0.644. The molecule has 5 heteroatoms. The Bertz CT molecular complexity index is 574. The molecule has 2 aliphatic heterocycles. The Morgan fingerprint density at radius 1 is 1.23 bits per heavy atom. The van der Waals surface area contributed by atoms with Crippen LogP contribution in [-0.2, 0) is 13.0 Å². The first kappa shape index (κ1) is 14.9. The van der Waals surface area contributed by atoms with Crippen molar-refractivity contribution in [2.24, 2.45) is 10.7 Å². The second-order valence-corrected chi connectivity index (χ2v) is 6.07. The van der Waals surface area contributed by atoms with Crippen LogP contribution in [0.2, 0.25) is 0 Å². The molecule has 0 saturated carbocycles. The van der Waals surface area contributed by atoms with Gasteiger partial charge in [-0.2, -0.15) is 0 Å². The van der Waals surface area contributed by atoms with Gasteiger partial charge in [0.25, 0.3) is 5.91 Å². The Kier molecular flexibility index (Phi) is 4.61. The van der Waals surface area contributed by atoms with Gasteiger partial charge in [-0.05, 0) is 36.5 Å². The molecule has 0 unspecified atom stereocenters. The van der Waals surface area contributed by atoms with Gasteiger partial charge >= 0.3 is 0 Å². The number of nitrogens with one attached hydrogen (secondary N) is 1. The van der Waals surface area contributed by atoms with Crippen LogP contribution in [0.3, 0.4) is 0 Å². The van der Waals surface area contributed by atoms with Crippen LogP contribution in [0.4, 0.5) is 0 Å². The third kappa shape index (κ3) is 3.40. The van der Waals surface area contributed by atoms with E-state index in [1.165, 1.54) is 25.7 Å². The fourth-order valence-corrected chi connectivity index (χ4v) is 3.13. The third-order valence-corrected chi connectivity index (χ3v) is 4.45. The molecule has 0 atom stereocenters. The Morgan fingerprint density at radius 3 is 2.77 bits per heavy atom. The van der Waals surface area contributed by atoms with E-state index < -0.39 is 0 Å². The van der Waals surface area contributed by atoms with E-state index in [-0.39, 0.29) is 5.91 Å². The topological polar surface area (TPSA) is 70.7 Å². The zero-order valence-electron chi connectivity index (χ0n) is 13.0. The number of rotatable bonds is 2. The molecular weight excluding hydrogens is 276 g/mol. The summed E-state index contributed by atoms with van der Waals surface area (Å²) >= 11 is 0. The Balaban J connectivity index is 1.69. The average Bonchev–Trinajstić information content (AvgIpc) is 2.82. The average molecular weight is 300 g/mol. The minimum atomic E-state index is 0.0209. The lowest BCUT2D eigenvalue weighted by Gasteiger charge is -2.21.